The highest BCUT2D eigenvalue weighted by atomic mass is 19.4. The molecule has 2 rings (SSSR count). The van der Waals surface area contributed by atoms with Crippen LogP contribution in [0, 0.1) is 0 Å². The third-order valence-electron chi connectivity index (χ3n) is 4.87. The molecule has 0 aromatic heterocycles. The molecule has 0 saturated carbocycles. The van der Waals surface area contributed by atoms with Gasteiger partial charge in [0.05, 0.1) is 29.5 Å². The Kier molecular flexibility index (Phi) is 8.84. The van der Waals surface area contributed by atoms with Crippen LogP contribution >= 0.6 is 0 Å². The Morgan fingerprint density at radius 1 is 1.00 bits per heavy atom. The molecule has 1 saturated heterocycles. The van der Waals surface area contributed by atoms with Crippen LogP contribution in [0.1, 0.15) is 57.2 Å². The van der Waals surface area contributed by atoms with Crippen LogP contribution in [0.25, 0.3) is 0 Å². The number of amides is 1. The fourth-order valence-electron chi connectivity index (χ4n) is 3.23. The minimum absolute atomic E-state index is 0.00359. The topological polar surface area (TPSA) is 60.4 Å². The number of nitrogens with zero attached hydrogens (tertiary/aromatic N) is 2. The second kappa shape index (κ2) is 10.8. The lowest BCUT2D eigenvalue weighted by molar-refractivity contribution is -0.162. The van der Waals surface area contributed by atoms with Gasteiger partial charge < -0.3 is 19.2 Å². The first kappa shape index (κ1) is 27.7. The van der Waals surface area contributed by atoms with E-state index in [1.165, 1.54) is 6.92 Å². The van der Waals surface area contributed by atoms with Gasteiger partial charge in [0.25, 0.3) is 0 Å². The van der Waals surface area contributed by atoms with E-state index in [0.717, 1.165) is 6.07 Å². The van der Waals surface area contributed by atoms with Gasteiger partial charge in [0.15, 0.2) is 0 Å². The Morgan fingerprint density at radius 2 is 1.59 bits per heavy atom. The summed E-state index contributed by atoms with van der Waals surface area (Å²) in [7, 11) is 0. The Labute approximate surface area is 193 Å². The van der Waals surface area contributed by atoms with Crippen LogP contribution in [0.15, 0.2) is 23.4 Å². The van der Waals surface area contributed by atoms with Gasteiger partial charge in [0, 0.05) is 13.1 Å². The minimum atomic E-state index is -5.17. The summed E-state index contributed by atoms with van der Waals surface area (Å²) in [5.74, 6) is 0. The monoisotopic (exact) mass is 498 g/mol. The van der Waals surface area contributed by atoms with E-state index in [0.29, 0.717) is 38.1 Å². The first-order chi connectivity index (χ1) is 15.6. The summed E-state index contributed by atoms with van der Waals surface area (Å²) in [6, 6.07) is 1.69. The zero-order valence-corrected chi connectivity index (χ0v) is 19.3. The number of halogens is 6. The molecule has 1 fully saturated rings. The van der Waals surface area contributed by atoms with Crippen molar-refractivity contribution in [2.75, 3.05) is 26.3 Å². The van der Waals surface area contributed by atoms with Crippen molar-refractivity contribution in [2.45, 2.75) is 64.6 Å². The average Bonchev–Trinajstić information content (AvgIpc) is 2.71. The second-order valence-electron chi connectivity index (χ2n) is 8.80. The first-order valence-electron chi connectivity index (χ1n) is 10.6. The fraction of sp³-hybridized carbons (Fsp3) is 0.636. The largest absolute Gasteiger partial charge is 0.444 e. The number of rotatable bonds is 6. The zero-order valence-electron chi connectivity index (χ0n) is 19.3. The molecule has 0 unspecified atom stereocenters. The van der Waals surface area contributed by atoms with E-state index in [4.69, 9.17) is 14.3 Å². The summed E-state index contributed by atoms with van der Waals surface area (Å²) in [5.41, 5.74) is -4.27. The van der Waals surface area contributed by atoms with Gasteiger partial charge in [-0.2, -0.15) is 26.3 Å². The molecule has 192 valence electrons. The van der Waals surface area contributed by atoms with Gasteiger partial charge in [-0.25, -0.2) is 4.79 Å². The van der Waals surface area contributed by atoms with Crippen molar-refractivity contribution < 1.29 is 45.4 Å². The van der Waals surface area contributed by atoms with Gasteiger partial charge >= 0.3 is 18.4 Å². The van der Waals surface area contributed by atoms with Crippen LogP contribution in [0.3, 0.4) is 0 Å². The number of hydrogen-bond acceptors (Lipinski definition) is 5. The van der Waals surface area contributed by atoms with Crippen LogP contribution in [0.4, 0.5) is 31.1 Å². The lowest BCUT2D eigenvalue weighted by Crippen LogP contribution is -2.43. The van der Waals surface area contributed by atoms with Crippen LogP contribution in [-0.2, 0) is 26.7 Å². The quantitative estimate of drug-likeness (QED) is 0.213. The lowest BCUT2D eigenvalue weighted by atomic mass is 10.0. The Hall–Kier alpha value is -2.50. The van der Waals surface area contributed by atoms with E-state index in [1.54, 1.807) is 25.7 Å². The van der Waals surface area contributed by atoms with Gasteiger partial charge in [0.1, 0.15) is 12.2 Å². The highest BCUT2D eigenvalue weighted by Gasteiger charge is 2.43. The summed E-state index contributed by atoms with van der Waals surface area (Å²) in [4.78, 5) is 18.7. The number of likely N-dealkylation sites (tertiary alicyclic amines) is 1. The lowest BCUT2D eigenvalue weighted by Gasteiger charge is -2.33. The third-order valence-corrected chi connectivity index (χ3v) is 4.87. The Balaban J connectivity index is 1.82. The molecule has 0 N–H and O–H groups in total. The number of piperidine rings is 1. The van der Waals surface area contributed by atoms with Crippen molar-refractivity contribution in [2.24, 2.45) is 5.16 Å². The minimum Gasteiger partial charge on any atom is -0.444 e. The molecular weight excluding hydrogens is 470 g/mol. The van der Waals surface area contributed by atoms with Gasteiger partial charge in [0.2, 0.25) is 0 Å². The predicted octanol–water partition coefficient (Wildman–Crippen LogP) is 5.88. The first-order valence-corrected chi connectivity index (χ1v) is 10.6. The smallest absolute Gasteiger partial charge is 0.417 e. The van der Waals surface area contributed by atoms with Crippen molar-refractivity contribution in [3.63, 3.8) is 0 Å². The number of hydrogen-bond donors (Lipinski definition) is 0. The van der Waals surface area contributed by atoms with E-state index in [1.807, 2.05) is 0 Å². The predicted molar refractivity (Wildman–Crippen MR) is 111 cm³/mol. The van der Waals surface area contributed by atoms with Gasteiger partial charge in [-0.1, -0.05) is 11.2 Å². The number of alkyl halides is 6. The Bertz CT molecular complexity index is 870. The molecule has 12 heteroatoms. The van der Waals surface area contributed by atoms with Crippen LogP contribution < -0.4 is 0 Å². The van der Waals surface area contributed by atoms with Crippen molar-refractivity contribution in [1.82, 2.24) is 4.90 Å². The van der Waals surface area contributed by atoms with Gasteiger partial charge in [-0.3, -0.25) is 0 Å². The summed E-state index contributed by atoms with van der Waals surface area (Å²) >= 11 is 0. The summed E-state index contributed by atoms with van der Waals surface area (Å²) in [5, 5.41) is 3.68. The van der Waals surface area contributed by atoms with Gasteiger partial charge in [-0.15, -0.1) is 0 Å². The normalized spacial score (nSPS) is 16.5. The van der Waals surface area contributed by atoms with Crippen molar-refractivity contribution >= 4 is 11.8 Å². The van der Waals surface area contributed by atoms with Crippen LogP contribution in [0.2, 0.25) is 0 Å². The number of benzene rings is 1. The fourth-order valence-corrected chi connectivity index (χ4v) is 3.23. The SMILES string of the molecule is C/C(=N/OCCOC1CCN(C(=O)OC(C)(C)C)CC1)c1ccc(C(F)(F)F)c(C(F)(F)F)c1. The number of carbonyl (C=O) groups excluding carboxylic acids is 1. The molecule has 0 aliphatic carbocycles. The molecule has 1 heterocycles. The molecule has 0 atom stereocenters. The third kappa shape index (κ3) is 8.37. The van der Waals surface area contributed by atoms with E-state index >= 15 is 0 Å². The van der Waals surface area contributed by atoms with Crippen LogP contribution in [0.5, 0.6) is 0 Å². The van der Waals surface area contributed by atoms with Crippen LogP contribution in [-0.4, -0.2) is 54.7 Å². The highest BCUT2D eigenvalue weighted by molar-refractivity contribution is 5.98. The molecule has 1 aliphatic rings. The number of oxime groups is 1. The van der Waals surface area contributed by atoms with Gasteiger partial charge in [-0.05, 0) is 58.2 Å². The maximum Gasteiger partial charge on any atom is 0.417 e. The average molecular weight is 498 g/mol. The second-order valence-corrected chi connectivity index (χ2v) is 8.80. The van der Waals surface area contributed by atoms with E-state index in [-0.39, 0.29) is 36.7 Å². The van der Waals surface area contributed by atoms with Crippen molar-refractivity contribution in [3.05, 3.63) is 34.9 Å². The number of ether oxygens (including phenoxy) is 2. The molecule has 1 aliphatic heterocycles. The molecule has 1 amide bonds. The molecule has 0 radical (unpaired) electrons. The van der Waals surface area contributed by atoms with E-state index < -0.39 is 29.1 Å². The molecule has 1 aromatic carbocycles. The molecule has 0 spiro atoms. The zero-order chi connectivity index (χ0) is 25.7. The molecular formula is C22H28F6N2O4. The van der Waals surface area contributed by atoms with E-state index in [2.05, 4.69) is 5.16 Å². The standard InChI is InChI=1S/C22H28F6N2O4/c1-14(15-5-6-17(21(23,24)25)18(13-15)22(26,27)28)29-33-12-11-32-16-7-9-30(10-8-16)19(31)34-20(2,3)4/h5-6,13,16H,7-12H2,1-4H3/b29-14-. The molecule has 1 aromatic rings. The Morgan fingerprint density at radius 3 is 2.12 bits per heavy atom. The molecule has 6 nitrogen and oxygen atoms in total. The summed E-state index contributed by atoms with van der Waals surface area (Å²) < 4.78 is 88.9. The van der Waals surface area contributed by atoms with E-state index in [9.17, 15) is 31.1 Å². The molecule has 0 bridgehead atoms. The maximum absolute atomic E-state index is 13.1. The number of carbonyl (C=O) groups is 1. The maximum atomic E-state index is 13.1. The van der Waals surface area contributed by atoms with Crippen molar-refractivity contribution in [1.29, 1.82) is 0 Å². The summed E-state index contributed by atoms with van der Waals surface area (Å²) in [6.07, 6.45) is -9.58. The summed E-state index contributed by atoms with van der Waals surface area (Å²) in [6.45, 7) is 7.80. The van der Waals surface area contributed by atoms with Crippen molar-refractivity contribution in [3.8, 4) is 0 Å². The molecule has 34 heavy (non-hydrogen) atoms. The highest BCUT2D eigenvalue weighted by Crippen LogP contribution is 2.40.